The summed E-state index contributed by atoms with van der Waals surface area (Å²) >= 11 is 1.59. The zero-order chi connectivity index (χ0) is 23.5. The normalized spacial score (nSPS) is 15.1. The fourth-order valence-electron chi connectivity index (χ4n) is 4.90. The molecule has 4 aromatic rings. The zero-order valence-electron chi connectivity index (χ0n) is 19.3. The highest BCUT2D eigenvalue weighted by Gasteiger charge is 2.23. The number of carbonyl (C=O) groups excluding carboxylic acids is 1. The van der Waals surface area contributed by atoms with Gasteiger partial charge >= 0.3 is 0 Å². The van der Waals surface area contributed by atoms with Crippen LogP contribution < -0.4 is 5.32 Å². The minimum atomic E-state index is -0.102. The second-order valence-corrected chi connectivity index (χ2v) is 9.59. The van der Waals surface area contributed by atoms with E-state index in [1.165, 1.54) is 6.92 Å². The van der Waals surface area contributed by atoms with Gasteiger partial charge in [-0.1, -0.05) is 12.1 Å². The molecular formula is C26H29N5O2S. The Hall–Kier alpha value is -3.23. The van der Waals surface area contributed by atoms with Crippen LogP contribution in [0, 0.1) is 0 Å². The van der Waals surface area contributed by atoms with Gasteiger partial charge in [-0.25, -0.2) is 9.97 Å². The van der Waals surface area contributed by atoms with Crippen molar-refractivity contribution in [1.29, 1.82) is 0 Å². The Morgan fingerprint density at radius 1 is 1.18 bits per heavy atom. The molecule has 1 aliphatic heterocycles. The summed E-state index contributed by atoms with van der Waals surface area (Å²) in [6, 6.07) is 13.6. The van der Waals surface area contributed by atoms with Gasteiger partial charge in [0, 0.05) is 24.5 Å². The van der Waals surface area contributed by atoms with Gasteiger partial charge in [0.05, 0.1) is 16.5 Å². The first-order chi connectivity index (χ1) is 16.6. The fraction of sp³-hybridized carbons (Fsp3) is 0.346. The summed E-state index contributed by atoms with van der Waals surface area (Å²) in [6.07, 6.45) is 3.02. The van der Waals surface area contributed by atoms with E-state index in [1.807, 2.05) is 17.6 Å². The Morgan fingerprint density at radius 3 is 2.76 bits per heavy atom. The largest absolute Gasteiger partial charge is 0.508 e. The highest BCUT2D eigenvalue weighted by molar-refractivity contribution is 7.07. The molecule has 0 saturated carbocycles. The van der Waals surface area contributed by atoms with E-state index >= 15 is 0 Å². The van der Waals surface area contributed by atoms with Gasteiger partial charge in [0.1, 0.15) is 11.4 Å². The molecule has 0 aliphatic carbocycles. The standard InChI is InChI=1S/C26H29N5O2S/c1-18(32)28-20-7-8-25(33)21(15-20)19-9-13-30(14-10-19)11-4-12-31-24-6-3-2-5-22(24)29-26(31)23-16-34-17-27-23/h2-3,5-8,15-17,19,33H,4,9-14H2,1H3,(H,28,32). The molecule has 0 spiro atoms. The van der Waals surface area contributed by atoms with Crippen molar-refractivity contribution >= 4 is 34.0 Å². The molecule has 5 rings (SSSR count). The topological polar surface area (TPSA) is 83.3 Å². The predicted molar refractivity (Wildman–Crippen MR) is 136 cm³/mol. The number of aromatic hydroxyl groups is 1. The van der Waals surface area contributed by atoms with Gasteiger partial charge in [0.2, 0.25) is 5.91 Å². The van der Waals surface area contributed by atoms with Gasteiger partial charge in [-0.05, 0) is 80.7 Å². The molecule has 1 saturated heterocycles. The molecule has 176 valence electrons. The van der Waals surface area contributed by atoms with Crippen molar-refractivity contribution in [3.63, 3.8) is 0 Å². The number of aromatic nitrogens is 3. The number of para-hydroxylation sites is 2. The van der Waals surface area contributed by atoms with Crippen LogP contribution in [0.1, 0.15) is 37.7 Å². The summed E-state index contributed by atoms with van der Waals surface area (Å²) < 4.78 is 2.29. The maximum atomic E-state index is 11.4. The molecule has 0 radical (unpaired) electrons. The lowest BCUT2D eigenvalue weighted by Gasteiger charge is -2.32. The number of aryl methyl sites for hydroxylation is 1. The number of imidazole rings is 1. The van der Waals surface area contributed by atoms with Gasteiger partial charge in [-0.3, -0.25) is 4.79 Å². The van der Waals surface area contributed by atoms with E-state index in [2.05, 4.69) is 43.3 Å². The van der Waals surface area contributed by atoms with Crippen molar-refractivity contribution in [2.45, 2.75) is 38.6 Å². The highest BCUT2D eigenvalue weighted by atomic mass is 32.1. The quantitative estimate of drug-likeness (QED) is 0.364. The first-order valence-corrected chi connectivity index (χ1v) is 12.7. The average molecular weight is 476 g/mol. The number of fused-ring (bicyclic) bond motifs is 1. The minimum Gasteiger partial charge on any atom is -0.508 e. The van der Waals surface area contributed by atoms with Crippen LogP contribution in [-0.2, 0) is 11.3 Å². The van der Waals surface area contributed by atoms with Crippen LogP contribution in [0.25, 0.3) is 22.6 Å². The van der Waals surface area contributed by atoms with Crippen molar-refractivity contribution in [1.82, 2.24) is 19.4 Å². The summed E-state index contributed by atoms with van der Waals surface area (Å²) in [5.74, 6) is 1.46. The molecule has 0 bridgehead atoms. The number of phenolic OH excluding ortho intramolecular Hbond substituents is 1. The molecule has 1 aliphatic rings. The minimum absolute atomic E-state index is 0.102. The predicted octanol–water partition coefficient (Wildman–Crippen LogP) is 5.09. The number of carbonyl (C=O) groups is 1. The van der Waals surface area contributed by atoms with Gasteiger partial charge in [0.25, 0.3) is 0 Å². The van der Waals surface area contributed by atoms with Crippen LogP contribution in [0.2, 0.25) is 0 Å². The maximum Gasteiger partial charge on any atom is 0.221 e. The molecule has 2 N–H and O–H groups in total. The molecule has 2 aromatic carbocycles. The van der Waals surface area contributed by atoms with E-state index in [1.54, 1.807) is 23.5 Å². The number of amides is 1. The lowest BCUT2D eigenvalue weighted by molar-refractivity contribution is -0.114. The molecular weight excluding hydrogens is 446 g/mol. The van der Waals surface area contributed by atoms with Crippen LogP contribution in [0.4, 0.5) is 5.69 Å². The van der Waals surface area contributed by atoms with Crippen molar-refractivity contribution in [2.24, 2.45) is 0 Å². The summed E-state index contributed by atoms with van der Waals surface area (Å²) in [5, 5.41) is 15.3. The number of hydrogen-bond donors (Lipinski definition) is 2. The summed E-state index contributed by atoms with van der Waals surface area (Å²) in [6.45, 7) is 5.41. The average Bonchev–Trinajstić information content (AvgIpc) is 3.49. The second kappa shape index (κ2) is 9.95. The van der Waals surface area contributed by atoms with Crippen molar-refractivity contribution in [3.8, 4) is 17.3 Å². The number of likely N-dealkylation sites (tertiary alicyclic amines) is 1. The number of thiazole rings is 1. The van der Waals surface area contributed by atoms with Gasteiger partial charge in [-0.15, -0.1) is 11.3 Å². The number of hydrogen-bond acceptors (Lipinski definition) is 6. The molecule has 3 heterocycles. The Morgan fingerprint density at radius 2 is 2.00 bits per heavy atom. The van der Waals surface area contributed by atoms with Crippen molar-refractivity contribution in [2.75, 3.05) is 25.0 Å². The van der Waals surface area contributed by atoms with Gasteiger partial charge < -0.3 is 19.9 Å². The molecule has 1 fully saturated rings. The highest BCUT2D eigenvalue weighted by Crippen LogP contribution is 2.35. The second-order valence-electron chi connectivity index (χ2n) is 8.87. The van der Waals surface area contributed by atoms with Gasteiger partial charge in [-0.2, -0.15) is 0 Å². The Kier molecular flexibility index (Phi) is 6.60. The molecule has 1 amide bonds. The number of phenols is 1. The van der Waals surface area contributed by atoms with Crippen molar-refractivity contribution in [3.05, 3.63) is 58.9 Å². The number of benzene rings is 2. The fourth-order valence-corrected chi connectivity index (χ4v) is 5.43. The first kappa shape index (κ1) is 22.6. The van der Waals surface area contributed by atoms with E-state index < -0.39 is 0 Å². The number of anilines is 1. The third-order valence-electron chi connectivity index (χ3n) is 6.55. The Balaban J connectivity index is 1.20. The smallest absolute Gasteiger partial charge is 0.221 e. The van der Waals surface area contributed by atoms with Crippen molar-refractivity contribution < 1.29 is 9.90 Å². The Bertz CT molecular complexity index is 1280. The first-order valence-electron chi connectivity index (χ1n) is 11.7. The van der Waals surface area contributed by atoms with E-state index in [0.717, 1.165) is 79.2 Å². The SMILES string of the molecule is CC(=O)Nc1ccc(O)c(C2CCN(CCCn3c(-c4cscn4)nc4ccccc43)CC2)c1. The van der Waals surface area contributed by atoms with E-state index in [0.29, 0.717) is 11.7 Å². The molecule has 0 unspecified atom stereocenters. The molecule has 7 nitrogen and oxygen atoms in total. The number of rotatable bonds is 7. The number of nitrogens with one attached hydrogen (secondary N) is 1. The van der Waals surface area contributed by atoms with E-state index in [9.17, 15) is 9.90 Å². The third kappa shape index (κ3) is 4.83. The summed E-state index contributed by atoms with van der Waals surface area (Å²) in [5.41, 5.74) is 6.62. The Labute approximate surface area is 203 Å². The van der Waals surface area contributed by atoms with Crippen LogP contribution >= 0.6 is 11.3 Å². The number of piperidine rings is 1. The zero-order valence-corrected chi connectivity index (χ0v) is 20.1. The van der Waals surface area contributed by atoms with E-state index in [-0.39, 0.29) is 5.91 Å². The lowest BCUT2D eigenvalue weighted by Crippen LogP contribution is -2.34. The number of nitrogens with zero attached hydrogens (tertiary/aromatic N) is 4. The maximum absolute atomic E-state index is 11.4. The third-order valence-corrected chi connectivity index (χ3v) is 7.13. The van der Waals surface area contributed by atoms with E-state index in [4.69, 9.17) is 4.98 Å². The monoisotopic (exact) mass is 475 g/mol. The molecule has 34 heavy (non-hydrogen) atoms. The van der Waals surface area contributed by atoms with Crippen LogP contribution in [0.5, 0.6) is 5.75 Å². The lowest BCUT2D eigenvalue weighted by atomic mass is 9.88. The summed E-state index contributed by atoms with van der Waals surface area (Å²) in [4.78, 5) is 23.2. The summed E-state index contributed by atoms with van der Waals surface area (Å²) in [7, 11) is 0. The molecule has 0 atom stereocenters. The van der Waals surface area contributed by atoms with Crippen LogP contribution in [0.3, 0.4) is 0 Å². The van der Waals surface area contributed by atoms with Crippen LogP contribution in [0.15, 0.2) is 53.4 Å². The van der Waals surface area contributed by atoms with Crippen LogP contribution in [-0.4, -0.2) is 50.1 Å². The molecule has 2 aromatic heterocycles. The van der Waals surface area contributed by atoms with Gasteiger partial charge in [0.15, 0.2) is 5.82 Å². The molecule has 8 heteroatoms.